The molecule has 1 unspecified atom stereocenters. The molecule has 1 aliphatic carbocycles. The predicted molar refractivity (Wildman–Crippen MR) is 143 cm³/mol. The summed E-state index contributed by atoms with van der Waals surface area (Å²) in [6.07, 6.45) is 8.81. The third kappa shape index (κ3) is 7.61. The fourth-order valence-corrected chi connectivity index (χ4v) is 5.75. The van der Waals surface area contributed by atoms with Crippen molar-refractivity contribution >= 4 is 14.1 Å². The van der Waals surface area contributed by atoms with E-state index in [2.05, 4.69) is 65.1 Å². The number of ether oxygens (including phenoxy) is 1. The van der Waals surface area contributed by atoms with Gasteiger partial charge in [-0.15, -0.1) is 0 Å². The molecule has 4 nitrogen and oxygen atoms in total. The van der Waals surface area contributed by atoms with Crippen molar-refractivity contribution in [2.45, 2.75) is 110 Å². The van der Waals surface area contributed by atoms with Crippen molar-refractivity contribution in [3.63, 3.8) is 0 Å². The monoisotopic (exact) mass is 488 g/mol. The minimum absolute atomic E-state index is 0.0188. The van der Waals surface area contributed by atoms with Gasteiger partial charge < -0.3 is 14.3 Å². The molecule has 1 aliphatic rings. The number of unbranched alkanes of at least 4 members (excludes halogenated alkanes) is 2. The summed E-state index contributed by atoms with van der Waals surface area (Å²) in [7, 11) is -1.94. The van der Waals surface area contributed by atoms with E-state index in [1.807, 2.05) is 32.0 Å². The van der Waals surface area contributed by atoms with Crippen LogP contribution in [-0.4, -0.2) is 38.0 Å². The lowest BCUT2D eigenvalue weighted by atomic mass is 9.92. The highest BCUT2D eigenvalue weighted by atomic mass is 28.4. The molecular formula is C29H48O4Si. The van der Waals surface area contributed by atoms with Crippen LogP contribution in [-0.2, 0) is 19.6 Å². The van der Waals surface area contributed by atoms with Gasteiger partial charge in [0.25, 0.3) is 0 Å². The van der Waals surface area contributed by atoms with E-state index in [4.69, 9.17) is 9.16 Å². The van der Waals surface area contributed by atoms with Crippen LogP contribution in [0.15, 0.2) is 42.5 Å². The van der Waals surface area contributed by atoms with Gasteiger partial charge in [-0.05, 0) is 44.0 Å². The molecule has 0 saturated heterocycles. The lowest BCUT2D eigenvalue weighted by Gasteiger charge is -2.39. The fourth-order valence-electron chi connectivity index (χ4n) is 4.44. The molecule has 4 atom stereocenters. The van der Waals surface area contributed by atoms with Crippen LogP contribution < -0.4 is 0 Å². The normalized spacial score (nSPS) is 23.1. The summed E-state index contributed by atoms with van der Waals surface area (Å²) in [4.78, 5) is 12.8. The number of rotatable bonds is 12. The highest BCUT2D eigenvalue weighted by molar-refractivity contribution is 6.74. The van der Waals surface area contributed by atoms with E-state index in [1.165, 1.54) is 12.8 Å². The highest BCUT2D eigenvalue weighted by Gasteiger charge is 2.44. The number of carbonyl (C=O) groups is 1. The first-order valence-corrected chi connectivity index (χ1v) is 16.0. The number of hydrogen-bond donors (Lipinski definition) is 1. The van der Waals surface area contributed by atoms with Crippen LogP contribution in [0.25, 0.3) is 0 Å². The molecule has 0 amide bonds. The Labute approximate surface area is 209 Å². The molecule has 1 aromatic carbocycles. The zero-order chi connectivity index (χ0) is 25.6. The minimum Gasteiger partial charge on any atom is -0.411 e. The standard InChI is InChI=1S/C29H48O4Si/c1-9-10-12-17-23(33-34(7,8)28(2,3)4)18-19-24-25(21-30)26(31)20-27(24)32-29(5,6)22-15-13-11-14-16-22/h11,13-16,18-19,23-25,27,30H,9-10,12,17,20-21H2,1-8H3/b19-18+/t23?,24-,25-,27-/m1/s1. The van der Waals surface area contributed by atoms with Crippen molar-refractivity contribution in [2.75, 3.05) is 6.61 Å². The van der Waals surface area contributed by atoms with Crippen LogP contribution in [0.4, 0.5) is 0 Å². The Morgan fingerprint density at radius 3 is 2.32 bits per heavy atom. The molecule has 2 rings (SSSR count). The van der Waals surface area contributed by atoms with Gasteiger partial charge in [-0.2, -0.15) is 0 Å². The Morgan fingerprint density at radius 1 is 1.12 bits per heavy atom. The second-order valence-electron chi connectivity index (χ2n) is 11.9. The Balaban J connectivity index is 2.26. The van der Waals surface area contributed by atoms with Gasteiger partial charge in [-0.1, -0.05) is 89.4 Å². The first kappa shape index (κ1) is 29.0. The molecule has 0 bridgehead atoms. The van der Waals surface area contributed by atoms with E-state index < -0.39 is 19.8 Å². The van der Waals surface area contributed by atoms with Crippen LogP contribution in [0, 0.1) is 11.8 Å². The summed E-state index contributed by atoms with van der Waals surface area (Å²) in [5.74, 6) is -0.493. The van der Waals surface area contributed by atoms with E-state index in [-0.39, 0.29) is 35.6 Å². The van der Waals surface area contributed by atoms with E-state index in [9.17, 15) is 9.90 Å². The highest BCUT2D eigenvalue weighted by Crippen LogP contribution is 2.40. The van der Waals surface area contributed by atoms with E-state index in [1.54, 1.807) is 0 Å². The van der Waals surface area contributed by atoms with Crippen molar-refractivity contribution in [3.05, 3.63) is 48.0 Å². The van der Waals surface area contributed by atoms with Gasteiger partial charge in [0.2, 0.25) is 0 Å². The van der Waals surface area contributed by atoms with Crippen LogP contribution >= 0.6 is 0 Å². The van der Waals surface area contributed by atoms with Gasteiger partial charge in [-0.25, -0.2) is 0 Å². The topological polar surface area (TPSA) is 55.8 Å². The number of Topliss-reactive ketones (excluding diaryl/α,β-unsaturated/α-hetero) is 1. The Morgan fingerprint density at radius 2 is 1.76 bits per heavy atom. The third-order valence-electron chi connectivity index (χ3n) is 7.71. The van der Waals surface area contributed by atoms with Crippen molar-refractivity contribution in [1.82, 2.24) is 0 Å². The third-order valence-corrected chi connectivity index (χ3v) is 12.2. The first-order chi connectivity index (χ1) is 15.8. The summed E-state index contributed by atoms with van der Waals surface area (Å²) in [6.45, 7) is 17.5. The largest absolute Gasteiger partial charge is 0.411 e. The Kier molecular flexibility index (Phi) is 10.3. The molecule has 1 N–H and O–H groups in total. The quantitative estimate of drug-likeness (QED) is 0.195. The average molecular weight is 489 g/mol. The number of benzene rings is 1. The average Bonchev–Trinajstić information content (AvgIpc) is 3.04. The van der Waals surface area contributed by atoms with Crippen molar-refractivity contribution < 1.29 is 19.1 Å². The van der Waals surface area contributed by atoms with Crippen LogP contribution in [0.1, 0.15) is 79.2 Å². The zero-order valence-electron chi connectivity index (χ0n) is 22.8. The lowest BCUT2D eigenvalue weighted by Crippen LogP contribution is -2.43. The second kappa shape index (κ2) is 12.1. The maximum Gasteiger partial charge on any atom is 0.192 e. The molecule has 0 aliphatic heterocycles. The van der Waals surface area contributed by atoms with Gasteiger partial charge in [-0.3, -0.25) is 4.79 Å². The Hall–Kier alpha value is -1.27. The van der Waals surface area contributed by atoms with E-state index in [0.29, 0.717) is 6.42 Å². The molecule has 1 saturated carbocycles. The van der Waals surface area contributed by atoms with E-state index in [0.717, 1.165) is 18.4 Å². The van der Waals surface area contributed by atoms with E-state index >= 15 is 0 Å². The predicted octanol–water partition coefficient (Wildman–Crippen LogP) is 7.03. The van der Waals surface area contributed by atoms with Gasteiger partial charge in [0.1, 0.15) is 5.78 Å². The number of aliphatic hydroxyl groups is 1. The van der Waals surface area contributed by atoms with Crippen molar-refractivity contribution in [2.24, 2.45) is 11.8 Å². The Bertz CT molecular complexity index is 794. The van der Waals surface area contributed by atoms with Gasteiger partial charge >= 0.3 is 0 Å². The molecule has 0 aromatic heterocycles. The summed E-state index contributed by atoms with van der Waals surface area (Å²) < 4.78 is 13.3. The van der Waals surface area contributed by atoms with Gasteiger partial charge in [0, 0.05) is 18.3 Å². The molecule has 5 heteroatoms. The molecule has 0 heterocycles. The number of aliphatic hydroxyl groups excluding tert-OH is 1. The summed E-state index contributed by atoms with van der Waals surface area (Å²) >= 11 is 0. The molecule has 1 aromatic rings. The minimum atomic E-state index is -1.94. The number of ketones is 1. The maximum atomic E-state index is 12.8. The smallest absolute Gasteiger partial charge is 0.192 e. The lowest BCUT2D eigenvalue weighted by molar-refractivity contribution is -0.122. The molecule has 1 fully saturated rings. The summed E-state index contributed by atoms with van der Waals surface area (Å²) in [5, 5.41) is 10.2. The summed E-state index contributed by atoms with van der Waals surface area (Å²) in [6, 6.07) is 10.1. The summed E-state index contributed by atoms with van der Waals surface area (Å²) in [5.41, 5.74) is 0.553. The molecular weight excluding hydrogens is 440 g/mol. The fraction of sp³-hybridized carbons (Fsp3) is 0.690. The molecule has 0 radical (unpaired) electrons. The van der Waals surface area contributed by atoms with Crippen molar-refractivity contribution in [1.29, 1.82) is 0 Å². The number of carbonyl (C=O) groups excluding carboxylic acids is 1. The van der Waals surface area contributed by atoms with Gasteiger partial charge in [0.05, 0.1) is 24.4 Å². The second-order valence-corrected chi connectivity index (χ2v) is 16.6. The van der Waals surface area contributed by atoms with Crippen LogP contribution in [0.2, 0.25) is 18.1 Å². The van der Waals surface area contributed by atoms with Crippen LogP contribution in [0.3, 0.4) is 0 Å². The van der Waals surface area contributed by atoms with Gasteiger partial charge in [0.15, 0.2) is 8.32 Å². The first-order valence-electron chi connectivity index (χ1n) is 13.1. The SMILES string of the molecule is CCCCCC(/C=C/[C@H]1[C@H](OC(C)(C)c2ccccc2)CC(=O)[C@@H]1CO)O[Si](C)(C)C(C)(C)C. The van der Waals surface area contributed by atoms with Crippen LogP contribution in [0.5, 0.6) is 0 Å². The number of hydrogen-bond acceptors (Lipinski definition) is 4. The maximum absolute atomic E-state index is 12.8. The molecule has 192 valence electrons. The molecule has 34 heavy (non-hydrogen) atoms. The van der Waals surface area contributed by atoms with Crippen molar-refractivity contribution in [3.8, 4) is 0 Å². The zero-order valence-corrected chi connectivity index (χ0v) is 23.8. The molecule has 0 spiro atoms.